The van der Waals surface area contributed by atoms with E-state index in [2.05, 4.69) is 5.32 Å². The molecular weight excluding hydrogens is 238 g/mol. The van der Waals surface area contributed by atoms with Crippen molar-refractivity contribution in [2.75, 3.05) is 12.5 Å². The molecule has 0 aromatic carbocycles. The van der Waals surface area contributed by atoms with Crippen LogP contribution >= 0.6 is 11.6 Å². The van der Waals surface area contributed by atoms with Crippen LogP contribution in [0.4, 0.5) is 0 Å². The van der Waals surface area contributed by atoms with E-state index >= 15 is 0 Å². The highest BCUT2D eigenvalue weighted by molar-refractivity contribution is 6.18. The van der Waals surface area contributed by atoms with Gasteiger partial charge in [-0.3, -0.25) is 4.79 Å². The normalized spacial score (nSPS) is 38.0. The van der Waals surface area contributed by atoms with E-state index in [1.54, 1.807) is 0 Å². The molecule has 0 bridgehead atoms. The number of alkyl halides is 1. The number of hydrogen-bond acceptors (Lipinski definition) is 2. The zero-order chi connectivity index (χ0) is 12.3. The molecule has 0 radical (unpaired) electrons. The van der Waals surface area contributed by atoms with Crippen LogP contribution in [0.1, 0.15) is 45.4 Å². The van der Waals surface area contributed by atoms with Crippen LogP contribution in [0.3, 0.4) is 0 Å². The van der Waals surface area contributed by atoms with Crippen molar-refractivity contribution in [1.82, 2.24) is 5.32 Å². The van der Waals surface area contributed by atoms with Crippen molar-refractivity contribution in [3.63, 3.8) is 0 Å². The molecule has 3 atom stereocenters. The van der Waals surface area contributed by atoms with Gasteiger partial charge in [-0.1, -0.05) is 12.8 Å². The Morgan fingerprint density at radius 2 is 2.18 bits per heavy atom. The number of rotatable bonds is 3. The van der Waals surface area contributed by atoms with Crippen LogP contribution in [0.15, 0.2) is 0 Å². The summed E-state index contributed by atoms with van der Waals surface area (Å²) in [5, 5.41) is 3.15. The first kappa shape index (κ1) is 13.2. The minimum atomic E-state index is -0.603. The molecule has 1 saturated heterocycles. The minimum Gasteiger partial charge on any atom is -0.365 e. The molecular formula is C13H22ClNO2. The Labute approximate surface area is 108 Å². The topological polar surface area (TPSA) is 38.3 Å². The molecule has 3 unspecified atom stereocenters. The summed E-state index contributed by atoms with van der Waals surface area (Å²) in [7, 11) is 0. The molecule has 2 aliphatic rings. The highest BCUT2D eigenvalue weighted by Gasteiger charge is 2.39. The molecule has 0 aromatic heterocycles. The predicted octanol–water partition coefficient (Wildman–Crippen LogP) is 2.47. The Kier molecular flexibility index (Phi) is 4.31. The average Bonchev–Trinajstić information content (AvgIpc) is 2.78. The van der Waals surface area contributed by atoms with Crippen LogP contribution in [0.25, 0.3) is 0 Å². The highest BCUT2D eigenvalue weighted by atomic mass is 35.5. The third kappa shape index (κ3) is 2.94. The first-order valence-electron chi connectivity index (χ1n) is 6.66. The molecule has 17 heavy (non-hydrogen) atoms. The number of nitrogens with one attached hydrogen (secondary N) is 1. The van der Waals surface area contributed by atoms with Crippen molar-refractivity contribution in [2.45, 2.75) is 57.1 Å². The van der Waals surface area contributed by atoms with Gasteiger partial charge in [-0.15, -0.1) is 11.6 Å². The van der Waals surface area contributed by atoms with Crippen LogP contribution in [-0.2, 0) is 9.53 Å². The molecule has 0 aromatic rings. The highest BCUT2D eigenvalue weighted by Crippen LogP contribution is 2.29. The van der Waals surface area contributed by atoms with E-state index in [1.807, 2.05) is 6.92 Å². The van der Waals surface area contributed by atoms with Gasteiger partial charge in [0.15, 0.2) is 0 Å². The van der Waals surface area contributed by atoms with Gasteiger partial charge in [-0.2, -0.15) is 0 Å². The molecule has 98 valence electrons. The van der Waals surface area contributed by atoms with E-state index in [-0.39, 0.29) is 11.9 Å². The second-order valence-electron chi connectivity index (χ2n) is 5.46. The Balaban J connectivity index is 1.92. The van der Waals surface area contributed by atoms with Gasteiger partial charge < -0.3 is 10.1 Å². The Bertz CT molecular complexity index is 277. The summed E-state index contributed by atoms with van der Waals surface area (Å²) >= 11 is 5.97. The lowest BCUT2D eigenvalue weighted by atomic mass is 9.85. The number of hydrogen-bond donors (Lipinski definition) is 1. The van der Waals surface area contributed by atoms with E-state index in [0.29, 0.717) is 18.4 Å². The monoisotopic (exact) mass is 259 g/mol. The molecule has 0 spiro atoms. The van der Waals surface area contributed by atoms with Gasteiger partial charge in [-0.25, -0.2) is 0 Å². The van der Waals surface area contributed by atoms with Gasteiger partial charge in [0.1, 0.15) is 5.60 Å². The van der Waals surface area contributed by atoms with Crippen molar-refractivity contribution in [1.29, 1.82) is 0 Å². The van der Waals surface area contributed by atoms with Crippen molar-refractivity contribution in [3.05, 3.63) is 0 Å². The van der Waals surface area contributed by atoms with Gasteiger partial charge in [0.05, 0.1) is 0 Å². The van der Waals surface area contributed by atoms with Crippen LogP contribution < -0.4 is 5.32 Å². The fraction of sp³-hybridized carbons (Fsp3) is 0.923. The Morgan fingerprint density at radius 3 is 2.82 bits per heavy atom. The molecule has 2 rings (SSSR count). The second kappa shape index (κ2) is 5.57. The molecule has 4 heteroatoms. The lowest BCUT2D eigenvalue weighted by molar-refractivity contribution is -0.140. The van der Waals surface area contributed by atoms with Gasteiger partial charge in [0, 0.05) is 18.5 Å². The number of ether oxygens (including phenoxy) is 1. The lowest BCUT2D eigenvalue weighted by Gasteiger charge is -2.33. The van der Waals surface area contributed by atoms with E-state index in [4.69, 9.17) is 16.3 Å². The Hall–Kier alpha value is -0.280. The summed E-state index contributed by atoms with van der Waals surface area (Å²) in [6.07, 6.45) is 6.42. The van der Waals surface area contributed by atoms with E-state index in [1.165, 1.54) is 12.8 Å². The third-order valence-corrected chi connectivity index (χ3v) is 4.52. The summed E-state index contributed by atoms with van der Waals surface area (Å²) in [6.45, 7) is 2.60. The van der Waals surface area contributed by atoms with Crippen molar-refractivity contribution in [2.24, 2.45) is 5.92 Å². The summed E-state index contributed by atoms with van der Waals surface area (Å²) in [5.41, 5.74) is -0.603. The summed E-state index contributed by atoms with van der Waals surface area (Å²) in [4.78, 5) is 12.2. The SMILES string of the molecule is CC1(C(=O)NC2CCCCC2CCl)CCCO1. The smallest absolute Gasteiger partial charge is 0.252 e. The minimum absolute atomic E-state index is 0.0528. The molecule has 1 aliphatic carbocycles. The van der Waals surface area contributed by atoms with Crippen molar-refractivity contribution in [3.8, 4) is 0 Å². The molecule has 1 aliphatic heterocycles. The maximum absolute atomic E-state index is 12.2. The van der Waals surface area contributed by atoms with Crippen LogP contribution in [-0.4, -0.2) is 30.0 Å². The summed E-state index contributed by atoms with van der Waals surface area (Å²) in [5.74, 6) is 1.12. The van der Waals surface area contributed by atoms with E-state index in [9.17, 15) is 4.79 Å². The fourth-order valence-corrected chi connectivity index (χ4v) is 3.23. The molecule has 3 nitrogen and oxygen atoms in total. The van der Waals surface area contributed by atoms with Gasteiger partial charge in [-0.05, 0) is 38.5 Å². The summed E-state index contributed by atoms with van der Waals surface area (Å²) < 4.78 is 5.57. The predicted molar refractivity (Wildman–Crippen MR) is 68.2 cm³/mol. The maximum Gasteiger partial charge on any atom is 0.252 e. The standard InChI is InChI=1S/C13H22ClNO2/c1-13(7-4-8-17-13)12(16)15-11-6-3-2-5-10(11)9-14/h10-11H,2-9H2,1H3,(H,15,16). The zero-order valence-corrected chi connectivity index (χ0v) is 11.3. The average molecular weight is 260 g/mol. The number of carbonyl (C=O) groups is 1. The first-order chi connectivity index (χ1) is 8.15. The van der Waals surface area contributed by atoms with Gasteiger partial charge in [0.2, 0.25) is 0 Å². The lowest BCUT2D eigenvalue weighted by Crippen LogP contribution is -2.51. The van der Waals surface area contributed by atoms with E-state index in [0.717, 1.165) is 25.7 Å². The number of amides is 1. The van der Waals surface area contributed by atoms with Crippen LogP contribution in [0, 0.1) is 5.92 Å². The van der Waals surface area contributed by atoms with Crippen LogP contribution in [0.5, 0.6) is 0 Å². The zero-order valence-electron chi connectivity index (χ0n) is 10.5. The summed E-state index contributed by atoms with van der Waals surface area (Å²) in [6, 6.07) is 0.245. The largest absolute Gasteiger partial charge is 0.365 e. The number of halogens is 1. The molecule has 2 fully saturated rings. The van der Waals surface area contributed by atoms with Crippen molar-refractivity contribution < 1.29 is 9.53 Å². The number of carbonyl (C=O) groups excluding carboxylic acids is 1. The van der Waals surface area contributed by atoms with Crippen molar-refractivity contribution >= 4 is 17.5 Å². The molecule has 1 N–H and O–H groups in total. The first-order valence-corrected chi connectivity index (χ1v) is 7.20. The maximum atomic E-state index is 12.2. The molecule has 1 saturated carbocycles. The van der Waals surface area contributed by atoms with E-state index < -0.39 is 5.60 Å². The van der Waals surface area contributed by atoms with Crippen LogP contribution in [0.2, 0.25) is 0 Å². The Morgan fingerprint density at radius 1 is 1.41 bits per heavy atom. The molecule has 1 amide bonds. The van der Waals surface area contributed by atoms with Gasteiger partial charge >= 0.3 is 0 Å². The third-order valence-electron chi connectivity index (χ3n) is 4.12. The second-order valence-corrected chi connectivity index (χ2v) is 5.77. The molecule has 1 heterocycles. The fourth-order valence-electron chi connectivity index (χ4n) is 2.86. The quantitative estimate of drug-likeness (QED) is 0.791. The van der Waals surface area contributed by atoms with Gasteiger partial charge in [0.25, 0.3) is 5.91 Å².